The molecule has 5 N–H and O–H groups in total. The monoisotopic (exact) mass is 516 g/mol. The number of primary amides is 1. The van der Waals surface area contributed by atoms with Crippen LogP contribution >= 0.6 is 0 Å². The first-order valence-electron chi connectivity index (χ1n) is 14.2. The van der Waals surface area contributed by atoms with Crippen LogP contribution in [0.1, 0.15) is 91.4 Å². The number of urea groups is 1. The number of Topliss-reactive ketones (excluding diaryl/α,β-unsaturated/α-hetero) is 2. The quantitative estimate of drug-likeness (QED) is 0.330. The van der Waals surface area contributed by atoms with E-state index in [9.17, 15) is 24.0 Å². The highest BCUT2D eigenvalue weighted by atomic mass is 16.2. The van der Waals surface area contributed by atoms with Gasteiger partial charge in [-0.15, -0.1) is 0 Å². The van der Waals surface area contributed by atoms with Crippen LogP contribution in [0.5, 0.6) is 0 Å². The molecule has 0 aliphatic heterocycles. The standard InChI is InChI=1S/C28H44N4O5/c1-28(2,3)24(32-27(29)37)22(33)17-13-16-8-5-9-19(16)20(14-17)25(35)31-21(12-15-6-4-7-15)23(34)26(36)30-18-10-11-18/h15-21,24H,4-14H2,1-3H3,(H,30,36)(H,31,35)(H3,29,32,37)/t16-,17?,19-,20-,21?,24+/m0/s1. The van der Waals surface area contributed by atoms with Crippen LogP contribution < -0.4 is 21.7 Å². The molecule has 6 atom stereocenters. The maximum atomic E-state index is 13.7. The number of nitrogens with one attached hydrogen (secondary N) is 3. The van der Waals surface area contributed by atoms with E-state index in [2.05, 4.69) is 16.0 Å². The molecule has 4 rings (SSSR count). The summed E-state index contributed by atoms with van der Waals surface area (Å²) in [6.45, 7) is 5.67. The highest BCUT2D eigenvalue weighted by molar-refractivity contribution is 6.38. The Bertz CT molecular complexity index is 920. The van der Waals surface area contributed by atoms with Gasteiger partial charge in [-0.1, -0.05) is 52.9 Å². The molecule has 0 aromatic carbocycles. The fraction of sp³-hybridized carbons (Fsp3) is 0.821. The molecule has 0 spiro atoms. The van der Waals surface area contributed by atoms with Gasteiger partial charge in [-0.2, -0.15) is 0 Å². The van der Waals surface area contributed by atoms with E-state index < -0.39 is 41.1 Å². The highest BCUT2D eigenvalue weighted by Gasteiger charge is 2.48. The molecule has 37 heavy (non-hydrogen) atoms. The number of amides is 4. The third kappa shape index (κ3) is 6.71. The summed E-state index contributed by atoms with van der Waals surface area (Å²) < 4.78 is 0. The van der Waals surface area contributed by atoms with Gasteiger partial charge in [-0.05, 0) is 61.7 Å². The summed E-state index contributed by atoms with van der Waals surface area (Å²) in [6.07, 6.45) is 9.39. The first-order chi connectivity index (χ1) is 17.4. The molecule has 2 unspecified atom stereocenters. The van der Waals surface area contributed by atoms with Crippen LogP contribution in [0.25, 0.3) is 0 Å². The summed E-state index contributed by atoms with van der Waals surface area (Å²) >= 11 is 0. The van der Waals surface area contributed by atoms with E-state index in [1.54, 1.807) is 0 Å². The van der Waals surface area contributed by atoms with Crippen molar-refractivity contribution < 1.29 is 24.0 Å². The van der Waals surface area contributed by atoms with E-state index in [4.69, 9.17) is 5.73 Å². The van der Waals surface area contributed by atoms with Crippen molar-refractivity contribution in [1.29, 1.82) is 0 Å². The van der Waals surface area contributed by atoms with Crippen LogP contribution in [0, 0.1) is 35.0 Å². The maximum absolute atomic E-state index is 13.7. The predicted octanol–water partition coefficient (Wildman–Crippen LogP) is 2.60. The molecule has 4 fully saturated rings. The van der Waals surface area contributed by atoms with E-state index in [1.807, 2.05) is 20.8 Å². The number of carbonyl (C=O) groups is 5. The van der Waals surface area contributed by atoms with Crippen molar-refractivity contribution in [3.63, 3.8) is 0 Å². The van der Waals surface area contributed by atoms with Crippen molar-refractivity contribution in [3.8, 4) is 0 Å². The molecule has 4 saturated carbocycles. The number of fused-ring (bicyclic) bond motifs is 1. The Morgan fingerprint density at radius 3 is 2.14 bits per heavy atom. The molecule has 0 bridgehead atoms. The molecule has 4 aliphatic rings. The number of rotatable bonds is 10. The lowest BCUT2D eigenvalue weighted by atomic mass is 9.65. The first kappa shape index (κ1) is 27.6. The van der Waals surface area contributed by atoms with E-state index in [0.717, 1.165) is 51.4 Å². The average molecular weight is 517 g/mol. The average Bonchev–Trinajstić information content (AvgIpc) is 3.48. The Morgan fingerprint density at radius 1 is 0.892 bits per heavy atom. The van der Waals surface area contributed by atoms with Gasteiger partial charge in [0.25, 0.3) is 5.91 Å². The molecule has 0 heterocycles. The largest absolute Gasteiger partial charge is 0.352 e. The first-order valence-corrected chi connectivity index (χ1v) is 14.2. The fourth-order valence-electron chi connectivity index (χ4n) is 6.67. The summed E-state index contributed by atoms with van der Waals surface area (Å²) in [5.74, 6) is -1.47. The van der Waals surface area contributed by atoms with Gasteiger partial charge in [0.15, 0.2) is 5.78 Å². The van der Waals surface area contributed by atoms with Gasteiger partial charge in [0.2, 0.25) is 11.7 Å². The normalized spacial score (nSPS) is 29.3. The van der Waals surface area contributed by atoms with Crippen LogP contribution in [-0.2, 0) is 19.2 Å². The molecule has 9 nitrogen and oxygen atoms in total. The molecule has 0 aromatic heterocycles. The molecule has 9 heteroatoms. The van der Waals surface area contributed by atoms with E-state index in [0.29, 0.717) is 25.2 Å². The molecule has 206 valence electrons. The van der Waals surface area contributed by atoms with Gasteiger partial charge in [0.05, 0.1) is 12.1 Å². The van der Waals surface area contributed by atoms with Gasteiger partial charge in [0.1, 0.15) is 0 Å². The Hall–Kier alpha value is -2.45. The van der Waals surface area contributed by atoms with Crippen LogP contribution in [0.3, 0.4) is 0 Å². The number of carbonyl (C=O) groups excluding carboxylic acids is 5. The summed E-state index contributed by atoms with van der Waals surface area (Å²) in [5.41, 5.74) is 4.86. The summed E-state index contributed by atoms with van der Waals surface area (Å²) in [5, 5.41) is 8.38. The number of ketones is 2. The molecular formula is C28H44N4O5. The second kappa shape index (κ2) is 11.1. The lowest BCUT2D eigenvalue weighted by Crippen LogP contribution is -2.55. The number of nitrogens with two attached hydrogens (primary N) is 1. The third-order valence-corrected chi connectivity index (χ3v) is 9.10. The van der Waals surface area contributed by atoms with Gasteiger partial charge in [0, 0.05) is 17.9 Å². The molecule has 0 saturated heterocycles. The SMILES string of the molecule is CC(C)(C)[C@H](NC(N)=O)C(=O)C1C[C@@H]2CCC[C@@H]2[C@@H](C(=O)NC(CC2CCC2)C(=O)C(=O)NC2CC2)C1. The predicted molar refractivity (Wildman–Crippen MR) is 138 cm³/mol. The summed E-state index contributed by atoms with van der Waals surface area (Å²) in [6, 6.07) is -2.23. The van der Waals surface area contributed by atoms with E-state index >= 15 is 0 Å². The molecular weight excluding hydrogens is 472 g/mol. The zero-order chi connectivity index (χ0) is 26.9. The lowest BCUT2D eigenvalue weighted by Gasteiger charge is -2.40. The minimum Gasteiger partial charge on any atom is -0.352 e. The fourth-order valence-corrected chi connectivity index (χ4v) is 6.67. The zero-order valence-electron chi connectivity index (χ0n) is 22.5. The second-order valence-electron chi connectivity index (χ2n) is 13.0. The molecule has 0 aromatic rings. The van der Waals surface area contributed by atoms with Crippen molar-refractivity contribution >= 4 is 29.4 Å². The maximum Gasteiger partial charge on any atom is 0.312 e. The topological polar surface area (TPSA) is 147 Å². The van der Waals surface area contributed by atoms with Gasteiger partial charge in [-0.25, -0.2) is 4.79 Å². The number of hydrogen-bond donors (Lipinski definition) is 4. The Labute approximate surface area is 219 Å². The summed E-state index contributed by atoms with van der Waals surface area (Å²) in [4.78, 5) is 64.7. The lowest BCUT2D eigenvalue weighted by molar-refractivity contribution is -0.142. The number of hydrogen-bond acceptors (Lipinski definition) is 5. The van der Waals surface area contributed by atoms with Crippen molar-refractivity contribution in [2.75, 3.05) is 0 Å². The van der Waals surface area contributed by atoms with E-state index in [1.165, 1.54) is 0 Å². The third-order valence-electron chi connectivity index (χ3n) is 9.10. The van der Waals surface area contributed by atoms with Crippen LogP contribution in [-0.4, -0.2) is 47.5 Å². The van der Waals surface area contributed by atoms with Crippen molar-refractivity contribution in [2.24, 2.45) is 40.7 Å². The molecule has 0 radical (unpaired) electrons. The van der Waals surface area contributed by atoms with Crippen LogP contribution in [0.15, 0.2) is 0 Å². The Kier molecular flexibility index (Phi) is 8.29. The minimum atomic E-state index is -0.827. The second-order valence-corrected chi connectivity index (χ2v) is 13.0. The Morgan fingerprint density at radius 2 is 1.57 bits per heavy atom. The van der Waals surface area contributed by atoms with Crippen LogP contribution in [0.4, 0.5) is 4.79 Å². The van der Waals surface area contributed by atoms with Crippen LogP contribution in [0.2, 0.25) is 0 Å². The van der Waals surface area contributed by atoms with Crippen molar-refractivity contribution in [1.82, 2.24) is 16.0 Å². The van der Waals surface area contributed by atoms with Gasteiger partial charge >= 0.3 is 6.03 Å². The molecule has 4 aliphatic carbocycles. The van der Waals surface area contributed by atoms with Crippen molar-refractivity contribution in [3.05, 3.63) is 0 Å². The summed E-state index contributed by atoms with van der Waals surface area (Å²) in [7, 11) is 0. The van der Waals surface area contributed by atoms with E-state index in [-0.39, 0.29) is 35.5 Å². The highest BCUT2D eigenvalue weighted by Crippen LogP contribution is 2.48. The molecule has 4 amide bonds. The minimum absolute atomic E-state index is 0.0747. The van der Waals surface area contributed by atoms with Gasteiger partial charge in [-0.3, -0.25) is 19.2 Å². The van der Waals surface area contributed by atoms with Crippen molar-refractivity contribution in [2.45, 2.75) is 110 Å². The zero-order valence-corrected chi connectivity index (χ0v) is 22.5. The smallest absolute Gasteiger partial charge is 0.312 e. The van der Waals surface area contributed by atoms with Gasteiger partial charge < -0.3 is 21.7 Å². The Balaban J connectivity index is 1.49.